The number of hydrogen-bond acceptors (Lipinski definition) is 4. The van der Waals surface area contributed by atoms with Gasteiger partial charge in [-0.3, -0.25) is 4.79 Å². The predicted octanol–water partition coefficient (Wildman–Crippen LogP) is 2.93. The molecule has 6 nitrogen and oxygen atoms in total. The fraction of sp³-hybridized carbons (Fsp3) is 0.235. The number of nitrogens with one attached hydrogen (secondary N) is 1. The number of carbonyl (C=O) groups excluding carboxylic acids is 1. The van der Waals surface area contributed by atoms with E-state index >= 15 is 0 Å². The van der Waals surface area contributed by atoms with E-state index in [0.717, 1.165) is 23.0 Å². The minimum Gasteiger partial charge on any atom is -0.507 e. The molecule has 0 bridgehead atoms. The van der Waals surface area contributed by atoms with Crippen LogP contribution in [0.4, 0.5) is 0 Å². The Bertz CT molecular complexity index is 891. The average Bonchev–Trinajstić information content (AvgIpc) is 2.93. The van der Waals surface area contributed by atoms with Gasteiger partial charge in [0.05, 0.1) is 16.4 Å². The van der Waals surface area contributed by atoms with Gasteiger partial charge in [0.25, 0.3) is 0 Å². The van der Waals surface area contributed by atoms with Crippen molar-refractivity contribution in [2.75, 3.05) is 6.54 Å². The molecule has 7 heteroatoms. The first-order chi connectivity index (χ1) is 11.6. The van der Waals surface area contributed by atoms with E-state index in [0.29, 0.717) is 23.4 Å². The van der Waals surface area contributed by atoms with E-state index in [4.69, 9.17) is 0 Å². The Morgan fingerprint density at radius 3 is 2.92 bits per heavy atom. The number of hydrogen-bond donors (Lipinski definition) is 2. The number of amides is 1. The van der Waals surface area contributed by atoms with Gasteiger partial charge in [0, 0.05) is 24.7 Å². The largest absolute Gasteiger partial charge is 0.507 e. The zero-order valence-electron chi connectivity index (χ0n) is 13.2. The molecule has 1 amide bonds. The molecule has 0 unspecified atom stereocenters. The molecule has 0 fully saturated rings. The van der Waals surface area contributed by atoms with Crippen molar-refractivity contribution in [3.8, 4) is 17.0 Å². The van der Waals surface area contributed by atoms with Crippen LogP contribution < -0.4 is 5.32 Å². The van der Waals surface area contributed by atoms with E-state index in [2.05, 4.69) is 31.3 Å². The first kappa shape index (κ1) is 16.4. The second kappa shape index (κ2) is 7.00. The molecule has 24 heavy (non-hydrogen) atoms. The zero-order chi connectivity index (χ0) is 17.1. The summed E-state index contributed by atoms with van der Waals surface area (Å²) in [6.45, 7) is 2.11. The van der Waals surface area contributed by atoms with Crippen molar-refractivity contribution in [2.45, 2.75) is 19.8 Å². The number of carbonyl (C=O) groups is 1. The summed E-state index contributed by atoms with van der Waals surface area (Å²) in [6, 6.07) is 9.04. The normalized spacial score (nSPS) is 10.9. The van der Waals surface area contributed by atoms with Crippen LogP contribution in [0.5, 0.6) is 5.75 Å². The van der Waals surface area contributed by atoms with Crippen molar-refractivity contribution >= 4 is 27.5 Å². The molecule has 0 atom stereocenters. The van der Waals surface area contributed by atoms with Crippen molar-refractivity contribution in [1.29, 1.82) is 0 Å². The second-order valence-electron chi connectivity index (χ2n) is 5.46. The van der Waals surface area contributed by atoms with Gasteiger partial charge in [-0.2, -0.15) is 5.10 Å². The summed E-state index contributed by atoms with van der Waals surface area (Å²) in [4.78, 5) is 15.6. The third-order valence-corrected chi connectivity index (χ3v) is 4.23. The van der Waals surface area contributed by atoms with E-state index < -0.39 is 0 Å². The number of rotatable bonds is 5. The van der Waals surface area contributed by atoms with Crippen LogP contribution in [0.25, 0.3) is 16.9 Å². The van der Waals surface area contributed by atoms with Gasteiger partial charge in [0.15, 0.2) is 5.65 Å². The monoisotopic (exact) mass is 388 g/mol. The maximum absolute atomic E-state index is 11.0. The molecule has 0 radical (unpaired) electrons. The molecule has 2 aromatic heterocycles. The van der Waals surface area contributed by atoms with Crippen LogP contribution in [0.1, 0.15) is 19.0 Å². The van der Waals surface area contributed by atoms with Crippen LogP contribution in [0, 0.1) is 0 Å². The van der Waals surface area contributed by atoms with Gasteiger partial charge in [-0.15, -0.1) is 0 Å². The van der Waals surface area contributed by atoms with Gasteiger partial charge < -0.3 is 10.4 Å². The molecule has 2 N–H and O–H groups in total. The first-order valence-electron chi connectivity index (χ1n) is 7.62. The van der Waals surface area contributed by atoms with Crippen molar-refractivity contribution in [1.82, 2.24) is 19.9 Å². The fourth-order valence-corrected chi connectivity index (χ4v) is 2.89. The SMILES string of the molecule is CC(=O)NCCCc1cc(-c2ccccc2O)nc2c(Br)cnn12. The summed E-state index contributed by atoms with van der Waals surface area (Å²) in [5.41, 5.74) is 3.03. The van der Waals surface area contributed by atoms with E-state index in [1.165, 1.54) is 6.92 Å². The van der Waals surface area contributed by atoms with Crippen LogP contribution in [0.3, 0.4) is 0 Å². The molecule has 1 aromatic carbocycles. The number of benzene rings is 1. The van der Waals surface area contributed by atoms with Gasteiger partial charge in [0.2, 0.25) is 5.91 Å². The Kier molecular flexibility index (Phi) is 4.80. The highest BCUT2D eigenvalue weighted by molar-refractivity contribution is 9.10. The number of fused-ring (bicyclic) bond motifs is 1. The van der Waals surface area contributed by atoms with Crippen LogP contribution >= 0.6 is 15.9 Å². The molecule has 0 aliphatic rings. The van der Waals surface area contributed by atoms with Crippen molar-refractivity contribution in [2.24, 2.45) is 0 Å². The lowest BCUT2D eigenvalue weighted by molar-refractivity contribution is -0.118. The number of halogens is 1. The number of phenols is 1. The maximum Gasteiger partial charge on any atom is 0.216 e. The second-order valence-corrected chi connectivity index (χ2v) is 6.32. The van der Waals surface area contributed by atoms with Gasteiger partial charge in [-0.25, -0.2) is 9.50 Å². The lowest BCUT2D eigenvalue weighted by atomic mass is 10.1. The maximum atomic E-state index is 11.0. The quantitative estimate of drug-likeness (QED) is 0.658. The molecular weight excluding hydrogens is 372 g/mol. The van der Waals surface area contributed by atoms with E-state index in [1.807, 2.05) is 18.2 Å². The summed E-state index contributed by atoms with van der Waals surface area (Å²) >= 11 is 3.46. The van der Waals surface area contributed by atoms with Crippen LogP contribution in [0.2, 0.25) is 0 Å². The lowest BCUT2D eigenvalue weighted by Gasteiger charge is -2.10. The summed E-state index contributed by atoms with van der Waals surface area (Å²) in [5.74, 6) is 0.154. The third-order valence-electron chi connectivity index (χ3n) is 3.67. The molecule has 2 heterocycles. The number of phenolic OH excluding ortho intramolecular Hbond substituents is 1. The van der Waals surface area contributed by atoms with Gasteiger partial charge >= 0.3 is 0 Å². The lowest BCUT2D eigenvalue weighted by Crippen LogP contribution is -2.21. The summed E-state index contributed by atoms with van der Waals surface area (Å²) in [6.07, 6.45) is 3.22. The predicted molar refractivity (Wildman–Crippen MR) is 94.8 cm³/mol. The number of para-hydroxylation sites is 1. The molecule has 0 aliphatic heterocycles. The van der Waals surface area contributed by atoms with E-state index in [1.54, 1.807) is 22.8 Å². The molecule has 3 aromatic rings. The zero-order valence-corrected chi connectivity index (χ0v) is 14.7. The first-order valence-corrected chi connectivity index (χ1v) is 8.41. The van der Waals surface area contributed by atoms with E-state index in [-0.39, 0.29) is 11.7 Å². The minimum atomic E-state index is -0.0356. The highest BCUT2D eigenvalue weighted by Crippen LogP contribution is 2.29. The molecule has 0 aliphatic carbocycles. The van der Waals surface area contributed by atoms with E-state index in [9.17, 15) is 9.90 Å². The Labute approximate surface area is 147 Å². The molecule has 0 spiro atoms. The Morgan fingerprint density at radius 2 is 2.17 bits per heavy atom. The number of aromatic hydroxyl groups is 1. The van der Waals surface area contributed by atoms with Crippen LogP contribution in [0.15, 0.2) is 41.0 Å². The minimum absolute atomic E-state index is 0.0356. The third kappa shape index (κ3) is 3.41. The van der Waals surface area contributed by atoms with Gasteiger partial charge in [-0.1, -0.05) is 12.1 Å². The smallest absolute Gasteiger partial charge is 0.216 e. The van der Waals surface area contributed by atoms with Crippen LogP contribution in [-0.2, 0) is 11.2 Å². The topological polar surface area (TPSA) is 79.5 Å². The van der Waals surface area contributed by atoms with Crippen molar-refractivity contribution < 1.29 is 9.90 Å². The van der Waals surface area contributed by atoms with Gasteiger partial charge in [0.1, 0.15) is 5.75 Å². The van der Waals surface area contributed by atoms with Crippen LogP contribution in [-0.4, -0.2) is 32.2 Å². The molecule has 124 valence electrons. The Morgan fingerprint density at radius 1 is 1.38 bits per heavy atom. The van der Waals surface area contributed by atoms with Crippen molar-refractivity contribution in [3.05, 3.63) is 46.7 Å². The molecule has 3 rings (SSSR count). The Balaban J connectivity index is 1.98. The summed E-state index contributed by atoms with van der Waals surface area (Å²) in [5, 5.41) is 17.2. The highest BCUT2D eigenvalue weighted by Gasteiger charge is 2.13. The van der Waals surface area contributed by atoms with Gasteiger partial charge in [-0.05, 0) is 47.0 Å². The summed E-state index contributed by atoms with van der Waals surface area (Å²) in [7, 11) is 0. The summed E-state index contributed by atoms with van der Waals surface area (Å²) < 4.78 is 2.57. The molecule has 0 saturated carbocycles. The molecule has 0 saturated heterocycles. The molecular formula is C17H17BrN4O2. The average molecular weight is 389 g/mol. The number of aryl methyl sites for hydroxylation is 1. The van der Waals surface area contributed by atoms with Crippen molar-refractivity contribution in [3.63, 3.8) is 0 Å². The number of nitrogens with zero attached hydrogens (tertiary/aromatic N) is 3. The standard InChI is InChI=1S/C17H17BrN4O2/c1-11(23)19-8-4-5-12-9-15(13-6-2-3-7-16(13)24)21-17-14(18)10-20-22(12)17/h2-3,6-7,9-10,24H,4-5,8H2,1H3,(H,19,23). The number of aromatic nitrogens is 3. The Hall–Kier alpha value is -2.41. The fourth-order valence-electron chi connectivity index (χ4n) is 2.54. The highest BCUT2D eigenvalue weighted by atomic mass is 79.9.